The van der Waals surface area contributed by atoms with Crippen LogP contribution in [-0.2, 0) is 38.1 Å². The summed E-state index contributed by atoms with van der Waals surface area (Å²) in [5.74, 6) is -5.24. The van der Waals surface area contributed by atoms with E-state index in [2.05, 4.69) is 0 Å². The average molecular weight is 805 g/mol. The summed E-state index contributed by atoms with van der Waals surface area (Å²) < 4.78 is 29.1. The molecule has 0 unspecified atom stereocenters. The molecule has 4 N–H and O–H groups in total. The van der Waals surface area contributed by atoms with Crippen LogP contribution in [0.2, 0.25) is -1.01 Å². The summed E-state index contributed by atoms with van der Waals surface area (Å²) in [6.45, 7) is 11.2. The fraction of sp³-hybridized carbons (Fsp3) is 0.769. The number of hydrogen-bond acceptors (Lipinski definition) is 12. The van der Waals surface area contributed by atoms with Gasteiger partial charge in [-0.15, -0.1) is 0 Å². The molecule has 4 heterocycles. The van der Waals surface area contributed by atoms with Crippen molar-refractivity contribution in [1.82, 2.24) is 0 Å². The van der Waals surface area contributed by atoms with Crippen molar-refractivity contribution < 1.29 is 58.5 Å². The van der Waals surface area contributed by atoms with E-state index in [4.69, 9.17) is 23.7 Å². The number of fused-ring (bicyclic) bond motifs is 6. The van der Waals surface area contributed by atoms with Crippen LogP contribution in [0.4, 0.5) is 0 Å². The van der Waals surface area contributed by atoms with Crippen LogP contribution in [-0.4, -0.2) is 156 Å². The van der Waals surface area contributed by atoms with E-state index in [9.17, 15) is 34.8 Å². The Labute approximate surface area is 347 Å². The molecule has 0 aromatic carbocycles. The number of rotatable bonds is 3. The molecule has 12 nitrogen and oxygen atoms in total. The molecule has 0 aliphatic carbocycles. The topological polar surface area (TPSA) is 178 Å². The van der Waals surface area contributed by atoms with Gasteiger partial charge in [0.05, 0.1) is 0 Å². The van der Waals surface area contributed by atoms with Crippen LogP contribution in [0.25, 0.3) is 0 Å². The summed E-state index contributed by atoms with van der Waals surface area (Å²) in [6, 6.07) is 0. The van der Waals surface area contributed by atoms with E-state index in [0.717, 1.165) is 5.57 Å². The SMILES string of the molecule is COC(=O)/C=C1/C[C@H]2C[C@]3(O)O[C@H](C[C@@H](O)CC(=O)C[C@@H]([C@@H](C)O)C[C@@H]4C/C(=C\C(=O)OC)[C@H]([Rb])[C@@](O)(O4)C(C)(C)/C=C/[C@@H](C1)O2)C[C@H](C)C3(C)C. The molecule has 0 radical (unpaired) electrons. The molecule has 0 amide bonds. The Kier molecular flexibility index (Phi) is 15.0. The number of Topliss-reactive ketones (excluding diaryl/α,β-unsaturated/α-hetero) is 1. The summed E-state index contributed by atoms with van der Waals surface area (Å²) >= 11 is -0.274. The molecule has 4 aliphatic rings. The minimum atomic E-state index is -1.76. The molecule has 11 atom stereocenters. The summed E-state index contributed by atoms with van der Waals surface area (Å²) in [5, 5.41) is 46.8. The monoisotopic (exact) mass is 804 g/mol. The van der Waals surface area contributed by atoms with Gasteiger partial charge in [-0.05, 0) is 6.42 Å². The van der Waals surface area contributed by atoms with E-state index in [1.165, 1.54) is 26.4 Å². The second-order valence-electron chi connectivity index (χ2n) is 16.9. The van der Waals surface area contributed by atoms with Gasteiger partial charge in [0.15, 0.2) is 0 Å². The Morgan fingerprint density at radius 2 is 1.58 bits per heavy atom. The fourth-order valence-electron chi connectivity index (χ4n) is 8.47. The Morgan fingerprint density at radius 3 is 2.21 bits per heavy atom. The summed E-state index contributed by atoms with van der Waals surface area (Å²) in [5.41, 5.74) is -0.263. The zero-order valence-electron chi connectivity index (χ0n) is 32.4. The molecule has 52 heavy (non-hydrogen) atoms. The zero-order chi connectivity index (χ0) is 38.8. The molecule has 0 spiro atoms. The van der Waals surface area contributed by atoms with Gasteiger partial charge in [0.25, 0.3) is 0 Å². The van der Waals surface area contributed by atoms with Crippen molar-refractivity contribution in [3.8, 4) is 0 Å². The van der Waals surface area contributed by atoms with Crippen molar-refractivity contribution in [2.45, 2.75) is 147 Å². The van der Waals surface area contributed by atoms with Crippen LogP contribution in [0.3, 0.4) is 0 Å². The quantitative estimate of drug-likeness (QED) is 0.185. The maximum absolute atomic E-state index is 13.4. The van der Waals surface area contributed by atoms with Crippen LogP contribution in [0.1, 0.15) is 99.3 Å². The Hall–Kier alpha value is -0.645. The molecule has 0 aromatic rings. The third-order valence-corrected chi connectivity index (χ3v) is 16.2. The molecule has 13 heteroatoms. The van der Waals surface area contributed by atoms with E-state index in [1.807, 2.05) is 46.8 Å². The van der Waals surface area contributed by atoms with Crippen LogP contribution in [0.15, 0.2) is 35.5 Å². The van der Waals surface area contributed by atoms with Crippen molar-refractivity contribution in [2.75, 3.05) is 14.2 Å². The summed E-state index contributed by atoms with van der Waals surface area (Å²) in [6.07, 6.45) is 4.28. The van der Waals surface area contributed by atoms with E-state index in [0.29, 0.717) is 31.3 Å². The van der Waals surface area contributed by atoms with Crippen molar-refractivity contribution in [3.05, 3.63) is 35.5 Å². The molecule has 0 aromatic heterocycles. The number of ether oxygens (including phenoxy) is 5. The molecule has 4 aliphatic heterocycles. The second-order valence-corrected chi connectivity index (χ2v) is 19.7. The molecule has 3 saturated heterocycles. The Bertz CT molecular complexity index is 1400. The summed E-state index contributed by atoms with van der Waals surface area (Å²) in [7, 11) is 2.61. The number of esters is 2. The van der Waals surface area contributed by atoms with Gasteiger partial charge >= 0.3 is 337 Å². The first kappa shape index (κ1) is 44.1. The van der Waals surface area contributed by atoms with E-state index in [-0.39, 0.29) is 99.3 Å². The predicted molar refractivity (Wildman–Crippen MR) is 192 cm³/mol. The first-order chi connectivity index (χ1) is 24.1. The molecule has 0 saturated carbocycles. The number of carbonyl (C=O) groups is 3. The van der Waals surface area contributed by atoms with E-state index in [1.54, 1.807) is 6.92 Å². The van der Waals surface area contributed by atoms with Gasteiger partial charge in [-0.2, -0.15) is 0 Å². The number of aliphatic hydroxyl groups excluding tert-OH is 2. The standard InChI is InChI=1S/C39H59O12.Rb/c1-23-11-31-20-29(42)19-28(41)17-27(24(2)40)18-32-14-26(16-35(44)48-8)21-38(45,50-32)36(3,4)10-9-30-12-25(15-34(43)47-7)13-33(49-30)22-39(46,51-31)37(23,5)6;/h9-10,15-16,21,23-24,27,29-33,40,42,45-46H,11-14,17-20,22H2,1-8H3;/b10-9+,25-15+,26-16+;/t23-,24+,27+,29-,30-,31-,32-,33-,38+,39-;/m0./s1. The Morgan fingerprint density at radius 1 is 0.923 bits per heavy atom. The minimum absolute atomic E-state index is 0.00701. The number of aliphatic hydroxyl groups is 4. The van der Waals surface area contributed by atoms with E-state index < -0.39 is 75.9 Å². The second kappa shape index (κ2) is 17.7. The van der Waals surface area contributed by atoms with E-state index >= 15 is 0 Å². The van der Waals surface area contributed by atoms with Crippen molar-refractivity contribution >= 4 is 73.3 Å². The normalized spacial score (nSPS) is 41.5. The van der Waals surface area contributed by atoms with Crippen LogP contribution < -0.4 is 0 Å². The van der Waals surface area contributed by atoms with Gasteiger partial charge in [0.2, 0.25) is 0 Å². The molecule has 4 rings (SSSR count). The molecule has 288 valence electrons. The van der Waals surface area contributed by atoms with Gasteiger partial charge in [-0.25, -0.2) is 0 Å². The number of hydrogen-bond donors (Lipinski definition) is 4. The molecule has 3 fully saturated rings. The number of methoxy groups -OCH3 is 2. The Balaban J connectivity index is 1.81. The van der Waals surface area contributed by atoms with Gasteiger partial charge in [0, 0.05) is 0 Å². The third kappa shape index (κ3) is 10.2. The van der Waals surface area contributed by atoms with Crippen molar-refractivity contribution in [2.24, 2.45) is 22.7 Å². The molecular weight excluding hydrogens is 746 g/mol. The van der Waals surface area contributed by atoms with Crippen molar-refractivity contribution in [1.29, 1.82) is 0 Å². The summed E-state index contributed by atoms with van der Waals surface area (Å²) in [4.78, 5) is 38.3. The van der Waals surface area contributed by atoms with Crippen molar-refractivity contribution in [3.63, 3.8) is 0 Å². The molecular formula is C39H59O12Rb. The van der Waals surface area contributed by atoms with Crippen LogP contribution in [0, 0.1) is 22.7 Å². The van der Waals surface area contributed by atoms with Gasteiger partial charge in [-0.1, -0.05) is 6.92 Å². The van der Waals surface area contributed by atoms with Gasteiger partial charge in [0.1, 0.15) is 0 Å². The van der Waals surface area contributed by atoms with Gasteiger partial charge in [-0.3, -0.25) is 0 Å². The number of carbonyl (C=O) groups excluding carboxylic acids is 3. The number of ketones is 1. The van der Waals surface area contributed by atoms with Gasteiger partial charge < -0.3 is 0 Å². The third-order valence-electron chi connectivity index (χ3n) is 12.4. The van der Waals surface area contributed by atoms with Crippen LogP contribution >= 0.6 is 0 Å². The molecule has 6 bridgehead atoms. The zero-order valence-corrected chi connectivity index (χ0v) is 37.3. The predicted octanol–water partition coefficient (Wildman–Crippen LogP) is 3.78. The fourth-order valence-corrected chi connectivity index (χ4v) is 11.6. The first-order valence-corrected chi connectivity index (χ1v) is 21.6. The first-order valence-electron chi connectivity index (χ1n) is 18.7. The average Bonchev–Trinajstić information content (AvgIpc) is 3.04. The van der Waals surface area contributed by atoms with Crippen LogP contribution in [0.5, 0.6) is 0 Å². The maximum atomic E-state index is 13.4.